The van der Waals surface area contributed by atoms with E-state index in [1.54, 1.807) is 31.2 Å². The third-order valence-corrected chi connectivity index (χ3v) is 4.03. The molecule has 0 aromatic heterocycles. The van der Waals surface area contributed by atoms with Gasteiger partial charge in [-0.25, -0.2) is 9.59 Å². The van der Waals surface area contributed by atoms with E-state index in [0.717, 1.165) is 5.56 Å². The van der Waals surface area contributed by atoms with Gasteiger partial charge in [0.25, 0.3) is 0 Å². The lowest BCUT2D eigenvalue weighted by molar-refractivity contribution is -0.162. The summed E-state index contributed by atoms with van der Waals surface area (Å²) in [5.74, 6) is -4.38. The minimum absolute atomic E-state index is 0.267. The molecule has 0 bridgehead atoms. The number of benzene rings is 1. The van der Waals surface area contributed by atoms with Crippen molar-refractivity contribution in [2.75, 3.05) is 0 Å². The lowest BCUT2D eigenvalue weighted by atomic mass is 9.91. The molecule has 3 N–H and O–H groups in total. The lowest BCUT2D eigenvalue weighted by Crippen LogP contribution is -2.61. The number of carboxylic acid groups (broad SMARTS) is 2. The normalized spacial score (nSPS) is 12.0. The van der Waals surface area contributed by atoms with Gasteiger partial charge in [0.1, 0.15) is 0 Å². The van der Waals surface area contributed by atoms with Crippen molar-refractivity contribution in [2.24, 2.45) is 5.92 Å². The van der Waals surface area contributed by atoms with Gasteiger partial charge in [0.15, 0.2) is 0 Å². The highest BCUT2D eigenvalue weighted by Crippen LogP contribution is 2.17. The van der Waals surface area contributed by atoms with Gasteiger partial charge in [0, 0.05) is 5.92 Å². The first kappa shape index (κ1) is 19.2. The molecule has 1 unspecified atom stereocenters. The van der Waals surface area contributed by atoms with Crippen LogP contribution in [0.15, 0.2) is 24.3 Å². The Balaban J connectivity index is 2.94. The van der Waals surface area contributed by atoms with Gasteiger partial charge < -0.3 is 15.5 Å². The Morgan fingerprint density at radius 2 is 1.71 bits per heavy atom. The Labute approximate surface area is 139 Å². The van der Waals surface area contributed by atoms with Crippen molar-refractivity contribution in [3.05, 3.63) is 35.4 Å². The SMILES string of the molecule is CCC(Cc1ccc(C#N)cc1)C(=O)NC(CC)(C(=O)O)C(=O)O. The standard InChI is InChI=1S/C17H20N2O5/c1-3-13(9-11-5-7-12(10-18)8-6-11)14(20)19-17(4-2,15(21)22)16(23)24/h5-8,13H,3-4,9H2,1-2H3,(H,19,20)(H,21,22)(H,23,24). The van der Waals surface area contributed by atoms with Crippen LogP contribution >= 0.6 is 0 Å². The number of nitriles is 1. The van der Waals surface area contributed by atoms with Gasteiger partial charge in [-0.2, -0.15) is 5.26 Å². The fourth-order valence-electron chi connectivity index (χ4n) is 2.32. The zero-order valence-corrected chi connectivity index (χ0v) is 13.6. The van der Waals surface area contributed by atoms with E-state index in [1.807, 2.05) is 6.07 Å². The van der Waals surface area contributed by atoms with Crippen molar-refractivity contribution in [2.45, 2.75) is 38.6 Å². The van der Waals surface area contributed by atoms with Crippen molar-refractivity contribution in [3.8, 4) is 6.07 Å². The highest BCUT2D eigenvalue weighted by atomic mass is 16.4. The molecule has 128 valence electrons. The summed E-state index contributed by atoms with van der Waals surface area (Å²) < 4.78 is 0. The number of carboxylic acids is 2. The fourth-order valence-corrected chi connectivity index (χ4v) is 2.32. The zero-order valence-electron chi connectivity index (χ0n) is 13.6. The summed E-state index contributed by atoms with van der Waals surface area (Å²) >= 11 is 0. The van der Waals surface area contributed by atoms with Gasteiger partial charge >= 0.3 is 11.9 Å². The number of amides is 1. The number of rotatable bonds is 8. The van der Waals surface area contributed by atoms with Crippen LogP contribution in [0.3, 0.4) is 0 Å². The van der Waals surface area contributed by atoms with E-state index in [2.05, 4.69) is 5.32 Å². The highest BCUT2D eigenvalue weighted by molar-refractivity contribution is 6.06. The van der Waals surface area contributed by atoms with Gasteiger partial charge in [0.05, 0.1) is 11.6 Å². The summed E-state index contributed by atoms with van der Waals surface area (Å²) in [7, 11) is 0. The van der Waals surface area contributed by atoms with Crippen molar-refractivity contribution in [3.63, 3.8) is 0 Å². The molecular formula is C17H20N2O5. The van der Waals surface area contributed by atoms with Crippen LogP contribution in [0.5, 0.6) is 0 Å². The molecule has 0 aliphatic heterocycles. The Morgan fingerprint density at radius 1 is 1.17 bits per heavy atom. The Hall–Kier alpha value is -2.88. The van der Waals surface area contributed by atoms with Crippen LogP contribution in [0.25, 0.3) is 0 Å². The number of aliphatic carboxylic acids is 2. The number of nitrogens with one attached hydrogen (secondary N) is 1. The third-order valence-electron chi connectivity index (χ3n) is 4.03. The van der Waals surface area contributed by atoms with E-state index >= 15 is 0 Å². The second-order valence-electron chi connectivity index (χ2n) is 5.48. The quantitative estimate of drug-likeness (QED) is 0.620. The molecule has 0 saturated carbocycles. The maximum Gasteiger partial charge on any atom is 0.341 e. The number of carbonyl (C=O) groups is 3. The summed E-state index contributed by atoms with van der Waals surface area (Å²) in [4.78, 5) is 35.1. The van der Waals surface area contributed by atoms with Crippen LogP contribution in [0.1, 0.15) is 37.8 Å². The molecule has 1 rings (SSSR count). The van der Waals surface area contributed by atoms with Crippen molar-refractivity contribution >= 4 is 17.8 Å². The Kier molecular flexibility index (Phi) is 6.48. The summed E-state index contributed by atoms with van der Waals surface area (Å²) in [6.07, 6.45) is 0.481. The number of hydrogen-bond acceptors (Lipinski definition) is 4. The molecule has 0 spiro atoms. The van der Waals surface area contributed by atoms with Crippen LogP contribution in [-0.2, 0) is 20.8 Å². The first-order chi connectivity index (χ1) is 11.3. The van der Waals surface area contributed by atoms with E-state index in [-0.39, 0.29) is 6.42 Å². The van der Waals surface area contributed by atoms with Gasteiger partial charge in [-0.1, -0.05) is 26.0 Å². The number of hydrogen-bond donors (Lipinski definition) is 3. The van der Waals surface area contributed by atoms with E-state index < -0.39 is 29.3 Å². The fraction of sp³-hybridized carbons (Fsp3) is 0.412. The monoisotopic (exact) mass is 332 g/mol. The van der Waals surface area contributed by atoms with Crippen LogP contribution < -0.4 is 5.32 Å². The molecule has 1 atom stereocenters. The van der Waals surface area contributed by atoms with Gasteiger partial charge in [-0.05, 0) is 37.0 Å². The average Bonchev–Trinajstić information content (AvgIpc) is 2.57. The minimum Gasteiger partial charge on any atom is -0.479 e. The largest absolute Gasteiger partial charge is 0.479 e. The first-order valence-electron chi connectivity index (χ1n) is 7.58. The Morgan fingerprint density at radius 3 is 2.08 bits per heavy atom. The van der Waals surface area contributed by atoms with Crippen molar-refractivity contribution in [1.82, 2.24) is 5.32 Å². The summed E-state index contributed by atoms with van der Waals surface area (Å²) in [6.45, 7) is 3.16. The molecule has 0 aliphatic rings. The molecule has 0 fully saturated rings. The van der Waals surface area contributed by atoms with Gasteiger partial charge in [-0.3, -0.25) is 4.79 Å². The topological polar surface area (TPSA) is 127 Å². The number of nitrogens with zero attached hydrogens (tertiary/aromatic N) is 1. The molecule has 0 radical (unpaired) electrons. The van der Waals surface area contributed by atoms with Gasteiger partial charge in [0.2, 0.25) is 11.4 Å². The van der Waals surface area contributed by atoms with E-state index in [4.69, 9.17) is 5.26 Å². The summed E-state index contributed by atoms with van der Waals surface area (Å²) in [5.41, 5.74) is -1.02. The molecule has 1 aromatic rings. The molecule has 0 aliphatic carbocycles. The van der Waals surface area contributed by atoms with E-state index in [1.165, 1.54) is 6.92 Å². The molecular weight excluding hydrogens is 312 g/mol. The summed E-state index contributed by atoms with van der Waals surface area (Å²) in [5, 5.41) is 29.4. The molecule has 0 heterocycles. The second-order valence-corrected chi connectivity index (χ2v) is 5.48. The maximum atomic E-state index is 12.4. The molecule has 0 saturated heterocycles. The van der Waals surface area contributed by atoms with E-state index in [9.17, 15) is 24.6 Å². The van der Waals surface area contributed by atoms with Crippen LogP contribution in [0.2, 0.25) is 0 Å². The minimum atomic E-state index is -2.32. The van der Waals surface area contributed by atoms with Crippen LogP contribution in [0, 0.1) is 17.2 Å². The average molecular weight is 332 g/mol. The molecule has 24 heavy (non-hydrogen) atoms. The molecule has 7 heteroatoms. The third kappa shape index (κ3) is 4.10. The molecule has 1 aromatic carbocycles. The lowest BCUT2D eigenvalue weighted by Gasteiger charge is -2.27. The zero-order chi connectivity index (χ0) is 18.3. The predicted molar refractivity (Wildman–Crippen MR) is 85.1 cm³/mol. The van der Waals surface area contributed by atoms with Crippen LogP contribution in [-0.4, -0.2) is 33.6 Å². The summed E-state index contributed by atoms with van der Waals surface area (Å²) in [6, 6.07) is 8.69. The van der Waals surface area contributed by atoms with Crippen LogP contribution in [0.4, 0.5) is 0 Å². The second kappa shape index (κ2) is 8.11. The van der Waals surface area contributed by atoms with Gasteiger partial charge in [-0.15, -0.1) is 0 Å². The maximum absolute atomic E-state index is 12.4. The van der Waals surface area contributed by atoms with Crippen molar-refractivity contribution < 1.29 is 24.6 Å². The first-order valence-corrected chi connectivity index (χ1v) is 7.58. The molecule has 7 nitrogen and oxygen atoms in total. The van der Waals surface area contributed by atoms with Crippen molar-refractivity contribution in [1.29, 1.82) is 5.26 Å². The smallest absolute Gasteiger partial charge is 0.341 e. The predicted octanol–water partition coefficient (Wildman–Crippen LogP) is 1.56. The Bertz CT molecular complexity index is 647. The number of carbonyl (C=O) groups excluding carboxylic acids is 1. The highest BCUT2D eigenvalue weighted by Gasteiger charge is 2.47. The van der Waals surface area contributed by atoms with E-state index in [0.29, 0.717) is 18.4 Å². The molecule has 1 amide bonds.